The second-order valence-electron chi connectivity index (χ2n) is 3.82. The summed E-state index contributed by atoms with van der Waals surface area (Å²) in [6.45, 7) is 0.295. The molecule has 0 radical (unpaired) electrons. The van der Waals surface area contributed by atoms with Gasteiger partial charge in [0.25, 0.3) is 5.91 Å². The van der Waals surface area contributed by atoms with Crippen LogP contribution in [0.15, 0.2) is 27.5 Å². The zero-order valence-corrected chi connectivity index (χ0v) is 11.9. The van der Waals surface area contributed by atoms with Crippen LogP contribution >= 0.6 is 15.9 Å². The number of H-pyrrole nitrogens is 1. The van der Waals surface area contributed by atoms with Gasteiger partial charge in [-0.3, -0.25) is 14.7 Å². The maximum atomic E-state index is 11.6. The largest absolute Gasteiger partial charge is 0.444 e. The molecule has 9 heteroatoms. The number of aromatic nitrogens is 3. The number of carbonyl (C=O) groups excluding carboxylic acids is 2. The van der Waals surface area contributed by atoms with Gasteiger partial charge in [-0.15, -0.1) is 0 Å². The number of nitrogens with one attached hydrogen (secondary N) is 3. The molecular weight excluding hydrogens is 330 g/mol. The van der Waals surface area contributed by atoms with E-state index in [0.717, 1.165) is 0 Å². The number of aromatic amines is 1. The minimum absolute atomic E-state index is 0.118. The predicted molar refractivity (Wildman–Crippen MR) is 71.8 cm³/mol. The Labute approximate surface area is 122 Å². The fraction of sp³-hybridized carbons (Fsp3) is 0.273. The molecule has 106 valence electrons. The quantitative estimate of drug-likeness (QED) is 0.696. The monoisotopic (exact) mass is 341 g/mol. The molecule has 0 aliphatic carbocycles. The Kier molecular flexibility index (Phi) is 4.88. The summed E-state index contributed by atoms with van der Waals surface area (Å²) < 4.78 is 5.52. The van der Waals surface area contributed by atoms with Crippen LogP contribution in [0.4, 0.5) is 0 Å². The second-order valence-corrected chi connectivity index (χ2v) is 4.60. The third kappa shape index (κ3) is 4.19. The Hall–Kier alpha value is -2.16. The maximum Gasteiger partial charge on any atom is 0.287 e. The van der Waals surface area contributed by atoms with Gasteiger partial charge in [0, 0.05) is 13.0 Å². The van der Waals surface area contributed by atoms with E-state index in [1.54, 1.807) is 6.07 Å². The molecule has 2 aromatic heterocycles. The smallest absolute Gasteiger partial charge is 0.287 e. The minimum atomic E-state index is -0.443. The van der Waals surface area contributed by atoms with Gasteiger partial charge in [0.1, 0.15) is 12.2 Å². The van der Waals surface area contributed by atoms with Gasteiger partial charge in [-0.2, -0.15) is 5.10 Å². The van der Waals surface area contributed by atoms with Gasteiger partial charge in [0.15, 0.2) is 10.4 Å². The zero-order chi connectivity index (χ0) is 14.4. The van der Waals surface area contributed by atoms with Crippen LogP contribution in [0.1, 0.15) is 16.4 Å². The number of nitrogens with zero attached hydrogens (tertiary/aromatic N) is 2. The first-order valence-electron chi connectivity index (χ1n) is 5.79. The lowest BCUT2D eigenvalue weighted by atomic mass is 10.4. The molecule has 0 aliphatic heterocycles. The van der Waals surface area contributed by atoms with Gasteiger partial charge in [-0.05, 0) is 28.1 Å². The summed E-state index contributed by atoms with van der Waals surface area (Å²) in [5.41, 5.74) is 0. The molecule has 0 atom stereocenters. The van der Waals surface area contributed by atoms with Crippen LogP contribution in [0, 0.1) is 0 Å². The van der Waals surface area contributed by atoms with Crippen LogP contribution in [-0.2, 0) is 11.2 Å². The van der Waals surface area contributed by atoms with Crippen molar-refractivity contribution in [3.8, 4) is 0 Å². The molecule has 3 N–H and O–H groups in total. The molecule has 0 unspecified atom stereocenters. The average Bonchev–Trinajstić information content (AvgIpc) is 3.07. The van der Waals surface area contributed by atoms with E-state index in [4.69, 9.17) is 4.42 Å². The molecule has 0 fully saturated rings. The lowest BCUT2D eigenvalue weighted by Crippen LogP contribution is -2.37. The third-order valence-electron chi connectivity index (χ3n) is 2.36. The fourth-order valence-corrected chi connectivity index (χ4v) is 1.72. The van der Waals surface area contributed by atoms with Crippen molar-refractivity contribution in [3.05, 3.63) is 34.7 Å². The lowest BCUT2D eigenvalue weighted by Gasteiger charge is -2.04. The first kappa shape index (κ1) is 14.3. The lowest BCUT2D eigenvalue weighted by molar-refractivity contribution is -0.120. The van der Waals surface area contributed by atoms with Crippen LogP contribution in [0.5, 0.6) is 0 Å². The highest BCUT2D eigenvalue weighted by atomic mass is 79.9. The standard InChI is InChI=1S/C11H12BrN5O3/c12-8-2-1-7(20-8)11(19)14-5-10(18)13-4-3-9-15-6-16-17-9/h1-2,6H,3-5H2,(H,13,18)(H,14,19)(H,15,16,17). The molecule has 2 amide bonds. The number of amides is 2. The van der Waals surface area contributed by atoms with Crippen molar-refractivity contribution in [3.63, 3.8) is 0 Å². The molecular formula is C11H12BrN5O3. The van der Waals surface area contributed by atoms with Crippen molar-refractivity contribution >= 4 is 27.7 Å². The molecule has 0 bridgehead atoms. The summed E-state index contributed by atoms with van der Waals surface area (Å²) in [4.78, 5) is 27.0. The van der Waals surface area contributed by atoms with Crippen LogP contribution in [0.2, 0.25) is 0 Å². The summed E-state index contributed by atoms with van der Waals surface area (Å²) in [6, 6.07) is 3.12. The van der Waals surface area contributed by atoms with E-state index < -0.39 is 5.91 Å². The average molecular weight is 342 g/mol. The molecule has 0 aromatic carbocycles. The van der Waals surface area contributed by atoms with E-state index in [9.17, 15) is 9.59 Å². The molecule has 2 aromatic rings. The van der Waals surface area contributed by atoms with Crippen molar-refractivity contribution in [2.75, 3.05) is 13.1 Å². The van der Waals surface area contributed by atoms with Crippen molar-refractivity contribution in [2.24, 2.45) is 0 Å². The van der Waals surface area contributed by atoms with Crippen molar-refractivity contribution in [1.29, 1.82) is 0 Å². The minimum Gasteiger partial charge on any atom is -0.444 e. The van der Waals surface area contributed by atoms with E-state index in [0.29, 0.717) is 23.5 Å². The SMILES string of the molecule is O=C(CNC(=O)c1ccc(Br)o1)NCCc1ncn[nH]1. The van der Waals surface area contributed by atoms with Gasteiger partial charge in [0.2, 0.25) is 5.91 Å². The maximum absolute atomic E-state index is 11.6. The third-order valence-corrected chi connectivity index (χ3v) is 2.78. The highest BCUT2D eigenvalue weighted by molar-refractivity contribution is 9.10. The number of hydrogen-bond donors (Lipinski definition) is 3. The Morgan fingerprint density at radius 3 is 2.85 bits per heavy atom. The van der Waals surface area contributed by atoms with E-state index in [2.05, 4.69) is 41.7 Å². The molecule has 2 heterocycles. The van der Waals surface area contributed by atoms with E-state index in [-0.39, 0.29) is 18.2 Å². The summed E-state index contributed by atoms with van der Waals surface area (Å²) in [5, 5.41) is 11.5. The Bertz CT molecular complexity index is 581. The molecule has 0 saturated heterocycles. The normalized spacial score (nSPS) is 10.2. The van der Waals surface area contributed by atoms with E-state index >= 15 is 0 Å². The highest BCUT2D eigenvalue weighted by Crippen LogP contribution is 2.13. The van der Waals surface area contributed by atoms with E-state index in [1.165, 1.54) is 12.4 Å². The second kappa shape index (κ2) is 6.85. The number of halogens is 1. The predicted octanol–water partition coefficient (Wildman–Crippen LogP) is 0.249. The highest BCUT2D eigenvalue weighted by Gasteiger charge is 2.11. The summed E-state index contributed by atoms with van der Waals surface area (Å²) in [5.74, 6) is 0.102. The summed E-state index contributed by atoms with van der Waals surface area (Å²) >= 11 is 3.09. The van der Waals surface area contributed by atoms with Crippen molar-refractivity contribution in [2.45, 2.75) is 6.42 Å². The van der Waals surface area contributed by atoms with Crippen molar-refractivity contribution in [1.82, 2.24) is 25.8 Å². The summed E-state index contributed by atoms with van der Waals surface area (Å²) in [7, 11) is 0. The van der Waals surface area contributed by atoms with Crippen molar-refractivity contribution < 1.29 is 14.0 Å². The van der Waals surface area contributed by atoms with Crippen LogP contribution in [-0.4, -0.2) is 40.1 Å². The fourth-order valence-electron chi connectivity index (χ4n) is 1.42. The Balaban J connectivity index is 1.66. The topological polar surface area (TPSA) is 113 Å². The van der Waals surface area contributed by atoms with Crippen LogP contribution < -0.4 is 10.6 Å². The molecule has 20 heavy (non-hydrogen) atoms. The number of hydrogen-bond acceptors (Lipinski definition) is 5. The van der Waals surface area contributed by atoms with Crippen LogP contribution in [0.25, 0.3) is 0 Å². The summed E-state index contributed by atoms with van der Waals surface area (Å²) in [6.07, 6.45) is 1.95. The first-order chi connectivity index (χ1) is 9.65. The molecule has 0 spiro atoms. The molecule has 0 aliphatic rings. The van der Waals surface area contributed by atoms with Gasteiger partial charge < -0.3 is 15.1 Å². The number of carbonyl (C=O) groups is 2. The number of furan rings is 1. The molecule has 2 rings (SSSR count). The molecule has 0 saturated carbocycles. The van der Waals surface area contributed by atoms with Gasteiger partial charge in [-0.1, -0.05) is 0 Å². The zero-order valence-electron chi connectivity index (χ0n) is 10.4. The van der Waals surface area contributed by atoms with Gasteiger partial charge in [0.05, 0.1) is 6.54 Å². The first-order valence-corrected chi connectivity index (χ1v) is 6.59. The van der Waals surface area contributed by atoms with Gasteiger partial charge in [-0.25, -0.2) is 4.98 Å². The van der Waals surface area contributed by atoms with E-state index in [1.807, 2.05) is 0 Å². The Morgan fingerprint density at radius 2 is 2.20 bits per heavy atom. The van der Waals surface area contributed by atoms with Gasteiger partial charge >= 0.3 is 0 Å². The van der Waals surface area contributed by atoms with Crippen LogP contribution in [0.3, 0.4) is 0 Å². The number of rotatable bonds is 6. The Morgan fingerprint density at radius 1 is 1.35 bits per heavy atom. The molecule has 8 nitrogen and oxygen atoms in total.